The van der Waals surface area contributed by atoms with E-state index in [2.05, 4.69) is 31.3 Å². The Morgan fingerprint density at radius 1 is 1.33 bits per heavy atom. The third-order valence-corrected chi connectivity index (χ3v) is 4.06. The number of nitrogens with two attached hydrogens (primary N) is 1. The van der Waals surface area contributed by atoms with Gasteiger partial charge in [-0.3, -0.25) is 0 Å². The van der Waals surface area contributed by atoms with E-state index in [1.54, 1.807) is 12.1 Å². The largest absolute Gasteiger partial charge is 0.482 e. The molecule has 0 spiro atoms. The SMILES string of the molecule is NNc1nc(COc2cc(Br)ccc2F)nc2sccc12. The Bertz CT molecular complexity index is 795. The molecule has 0 bridgehead atoms. The molecule has 0 aliphatic heterocycles. The van der Waals surface area contributed by atoms with E-state index < -0.39 is 5.82 Å². The van der Waals surface area contributed by atoms with E-state index in [1.165, 1.54) is 17.4 Å². The average Bonchev–Trinajstić information content (AvgIpc) is 2.95. The number of anilines is 1. The van der Waals surface area contributed by atoms with Crippen molar-refractivity contribution in [3.63, 3.8) is 0 Å². The van der Waals surface area contributed by atoms with Crippen LogP contribution in [0.3, 0.4) is 0 Å². The highest BCUT2D eigenvalue weighted by Crippen LogP contribution is 2.26. The molecule has 0 unspecified atom stereocenters. The lowest BCUT2D eigenvalue weighted by molar-refractivity contribution is 0.281. The Morgan fingerprint density at radius 3 is 3.00 bits per heavy atom. The zero-order valence-corrected chi connectivity index (χ0v) is 13.0. The number of nitrogens with zero attached hydrogens (tertiary/aromatic N) is 2. The monoisotopic (exact) mass is 368 g/mol. The number of hydrogen-bond donors (Lipinski definition) is 2. The van der Waals surface area contributed by atoms with Crippen LogP contribution in [0.1, 0.15) is 5.82 Å². The number of halogens is 2. The lowest BCUT2D eigenvalue weighted by Gasteiger charge is -2.08. The highest BCUT2D eigenvalue weighted by molar-refractivity contribution is 9.10. The van der Waals surface area contributed by atoms with E-state index in [0.717, 1.165) is 14.7 Å². The van der Waals surface area contributed by atoms with Crippen LogP contribution in [0.25, 0.3) is 10.2 Å². The van der Waals surface area contributed by atoms with Crippen LogP contribution in [0.4, 0.5) is 10.2 Å². The van der Waals surface area contributed by atoms with Crippen LogP contribution in [0.5, 0.6) is 5.75 Å². The number of fused-ring (bicyclic) bond motifs is 1. The fourth-order valence-corrected chi connectivity index (χ4v) is 2.93. The number of rotatable bonds is 4. The van der Waals surface area contributed by atoms with Gasteiger partial charge in [0.1, 0.15) is 11.4 Å². The van der Waals surface area contributed by atoms with E-state index in [1.807, 2.05) is 11.4 Å². The third kappa shape index (κ3) is 2.97. The first kappa shape index (κ1) is 14.2. The molecule has 0 fully saturated rings. The van der Waals surface area contributed by atoms with Gasteiger partial charge in [-0.1, -0.05) is 15.9 Å². The van der Waals surface area contributed by atoms with Crippen molar-refractivity contribution in [2.45, 2.75) is 6.61 Å². The van der Waals surface area contributed by atoms with Gasteiger partial charge < -0.3 is 10.2 Å². The van der Waals surface area contributed by atoms with Crippen LogP contribution in [0, 0.1) is 5.82 Å². The standard InChI is InChI=1S/C13H10BrFN4OS/c14-7-1-2-9(15)10(5-7)20-6-11-17-12(19-16)8-3-4-21-13(8)18-11/h1-5H,6,16H2,(H,17,18,19). The molecular formula is C13H10BrFN4OS. The molecule has 8 heteroatoms. The number of nitrogens with one attached hydrogen (secondary N) is 1. The molecule has 3 N–H and O–H groups in total. The lowest BCUT2D eigenvalue weighted by Crippen LogP contribution is -2.11. The molecule has 0 saturated carbocycles. The molecule has 2 aromatic heterocycles. The Balaban J connectivity index is 1.86. The topological polar surface area (TPSA) is 73.1 Å². The first-order valence-electron chi connectivity index (χ1n) is 5.96. The maximum absolute atomic E-state index is 13.6. The van der Waals surface area contributed by atoms with E-state index in [-0.39, 0.29) is 12.4 Å². The van der Waals surface area contributed by atoms with Crippen molar-refractivity contribution < 1.29 is 9.13 Å². The number of benzene rings is 1. The Labute approximate surface area is 132 Å². The molecule has 3 aromatic rings. The molecule has 0 aliphatic carbocycles. The summed E-state index contributed by atoms with van der Waals surface area (Å²) in [6.45, 7) is 0.0515. The zero-order chi connectivity index (χ0) is 14.8. The average molecular weight is 369 g/mol. The normalized spacial score (nSPS) is 10.8. The van der Waals surface area contributed by atoms with Crippen molar-refractivity contribution >= 4 is 43.3 Å². The van der Waals surface area contributed by atoms with Gasteiger partial charge >= 0.3 is 0 Å². The highest BCUT2D eigenvalue weighted by atomic mass is 79.9. The summed E-state index contributed by atoms with van der Waals surface area (Å²) in [5, 5.41) is 2.75. The molecule has 1 aromatic carbocycles. The fourth-order valence-electron chi connectivity index (χ4n) is 1.80. The third-order valence-electron chi connectivity index (χ3n) is 2.76. The van der Waals surface area contributed by atoms with Crippen molar-refractivity contribution in [1.82, 2.24) is 9.97 Å². The second kappa shape index (κ2) is 5.92. The minimum Gasteiger partial charge on any atom is -0.482 e. The number of thiophene rings is 1. The predicted molar refractivity (Wildman–Crippen MR) is 83.7 cm³/mol. The number of hydrogen-bond acceptors (Lipinski definition) is 6. The maximum atomic E-state index is 13.6. The van der Waals surface area contributed by atoms with Gasteiger partial charge in [-0.2, -0.15) is 0 Å². The molecule has 21 heavy (non-hydrogen) atoms. The second-order valence-electron chi connectivity index (χ2n) is 4.14. The number of nitrogen functional groups attached to an aromatic ring is 1. The second-order valence-corrected chi connectivity index (χ2v) is 5.95. The van der Waals surface area contributed by atoms with Crippen molar-refractivity contribution in [2.75, 3.05) is 5.43 Å². The number of aromatic nitrogens is 2. The van der Waals surface area contributed by atoms with Gasteiger partial charge in [0.15, 0.2) is 23.2 Å². The molecule has 0 saturated heterocycles. The minimum absolute atomic E-state index is 0.0515. The fraction of sp³-hybridized carbons (Fsp3) is 0.0769. The van der Waals surface area contributed by atoms with E-state index in [0.29, 0.717) is 11.6 Å². The molecule has 0 amide bonds. The van der Waals surface area contributed by atoms with Gasteiger partial charge in [-0.25, -0.2) is 20.2 Å². The molecule has 2 heterocycles. The summed E-state index contributed by atoms with van der Waals surface area (Å²) in [6, 6.07) is 6.37. The van der Waals surface area contributed by atoms with Crippen molar-refractivity contribution in [3.05, 3.63) is 45.8 Å². The van der Waals surface area contributed by atoms with Crippen LogP contribution in [-0.4, -0.2) is 9.97 Å². The number of ether oxygens (including phenoxy) is 1. The summed E-state index contributed by atoms with van der Waals surface area (Å²) in [5.41, 5.74) is 2.53. The Morgan fingerprint density at radius 2 is 2.19 bits per heavy atom. The molecule has 108 valence electrons. The van der Waals surface area contributed by atoms with Gasteiger partial charge in [0, 0.05) is 4.47 Å². The smallest absolute Gasteiger partial charge is 0.169 e. The van der Waals surface area contributed by atoms with Crippen LogP contribution >= 0.6 is 27.3 Å². The molecule has 0 aliphatic rings. The summed E-state index contributed by atoms with van der Waals surface area (Å²) in [5.74, 6) is 6.11. The highest BCUT2D eigenvalue weighted by Gasteiger charge is 2.10. The molecule has 0 radical (unpaired) electrons. The zero-order valence-electron chi connectivity index (χ0n) is 10.6. The van der Waals surface area contributed by atoms with Crippen molar-refractivity contribution in [1.29, 1.82) is 0 Å². The summed E-state index contributed by atoms with van der Waals surface area (Å²) >= 11 is 4.74. The lowest BCUT2D eigenvalue weighted by atomic mass is 10.3. The minimum atomic E-state index is -0.437. The van der Waals surface area contributed by atoms with E-state index >= 15 is 0 Å². The molecule has 5 nitrogen and oxygen atoms in total. The van der Waals surface area contributed by atoms with Crippen LogP contribution in [0.2, 0.25) is 0 Å². The van der Waals surface area contributed by atoms with Crippen molar-refractivity contribution in [2.24, 2.45) is 5.84 Å². The first-order valence-corrected chi connectivity index (χ1v) is 7.63. The Hall–Kier alpha value is -1.77. The quantitative estimate of drug-likeness (QED) is 0.544. The molecule has 0 atom stereocenters. The van der Waals surface area contributed by atoms with Crippen molar-refractivity contribution in [3.8, 4) is 5.75 Å². The number of hydrazine groups is 1. The van der Waals surface area contributed by atoms with Gasteiger partial charge in [-0.05, 0) is 29.6 Å². The van der Waals surface area contributed by atoms with Crippen LogP contribution in [-0.2, 0) is 6.61 Å². The van der Waals surface area contributed by atoms with Crippen LogP contribution < -0.4 is 16.0 Å². The summed E-state index contributed by atoms with van der Waals surface area (Å²) in [4.78, 5) is 9.42. The van der Waals surface area contributed by atoms with Gasteiger partial charge in [0.05, 0.1) is 5.39 Å². The van der Waals surface area contributed by atoms with Gasteiger partial charge in [-0.15, -0.1) is 11.3 Å². The van der Waals surface area contributed by atoms with Gasteiger partial charge in [0.25, 0.3) is 0 Å². The predicted octanol–water partition coefficient (Wildman–Crippen LogP) is 3.46. The molecule has 3 rings (SSSR count). The van der Waals surface area contributed by atoms with Gasteiger partial charge in [0.2, 0.25) is 0 Å². The summed E-state index contributed by atoms with van der Waals surface area (Å²) in [7, 11) is 0. The summed E-state index contributed by atoms with van der Waals surface area (Å²) < 4.78 is 19.8. The Kier molecular flexibility index (Phi) is 4.00. The summed E-state index contributed by atoms with van der Waals surface area (Å²) in [6.07, 6.45) is 0. The van der Waals surface area contributed by atoms with E-state index in [4.69, 9.17) is 10.6 Å². The van der Waals surface area contributed by atoms with Crippen LogP contribution in [0.15, 0.2) is 34.1 Å². The van der Waals surface area contributed by atoms with E-state index in [9.17, 15) is 4.39 Å². The first-order chi connectivity index (χ1) is 10.2. The maximum Gasteiger partial charge on any atom is 0.169 e. The molecular weight excluding hydrogens is 359 g/mol.